The van der Waals surface area contributed by atoms with Gasteiger partial charge < -0.3 is 10.2 Å². The second-order valence-corrected chi connectivity index (χ2v) is 9.02. The highest BCUT2D eigenvalue weighted by molar-refractivity contribution is 6.72. The van der Waals surface area contributed by atoms with E-state index in [1.165, 1.54) is 44.2 Å². The molecule has 0 rings (SSSR count). The molecule has 0 amide bonds. The number of rotatable bonds is 10. The van der Waals surface area contributed by atoms with Crippen LogP contribution in [0.15, 0.2) is 0 Å². The zero-order valence-corrected chi connectivity index (χ0v) is 11.8. The van der Waals surface area contributed by atoms with Gasteiger partial charge in [0.2, 0.25) is 0 Å². The minimum Gasteiger partial charge on any atom is -0.420 e. The van der Waals surface area contributed by atoms with E-state index < -0.39 is 8.32 Å². The Morgan fingerprint density at radius 3 is 2.13 bits per heavy atom. The van der Waals surface area contributed by atoms with Crippen molar-refractivity contribution in [2.75, 3.05) is 13.7 Å². The van der Waals surface area contributed by atoms with Gasteiger partial charge in [-0.05, 0) is 31.6 Å². The van der Waals surface area contributed by atoms with Crippen LogP contribution in [-0.4, -0.2) is 22.0 Å². The third-order valence-corrected chi connectivity index (χ3v) is 7.02. The molecule has 0 radical (unpaired) electrons. The van der Waals surface area contributed by atoms with Crippen LogP contribution in [0.5, 0.6) is 0 Å². The molecule has 0 aliphatic heterocycles. The van der Waals surface area contributed by atoms with Gasteiger partial charge in [0, 0.05) is 7.11 Å². The van der Waals surface area contributed by atoms with Gasteiger partial charge in [-0.25, -0.2) is 0 Å². The molecule has 0 bridgehead atoms. The number of hydrogen-bond donors (Lipinski definition) is 1. The van der Waals surface area contributed by atoms with E-state index in [4.69, 9.17) is 10.2 Å². The van der Waals surface area contributed by atoms with Gasteiger partial charge in [0.05, 0.1) is 0 Å². The van der Waals surface area contributed by atoms with Crippen LogP contribution in [0, 0.1) is 0 Å². The molecule has 15 heavy (non-hydrogen) atoms. The molecule has 0 aromatic carbocycles. The van der Waals surface area contributed by atoms with Gasteiger partial charge in [-0.3, -0.25) is 0 Å². The monoisotopic (exact) mass is 231 g/mol. The van der Waals surface area contributed by atoms with Gasteiger partial charge in [0.1, 0.15) is 0 Å². The van der Waals surface area contributed by atoms with Crippen molar-refractivity contribution in [1.82, 2.24) is 0 Å². The summed E-state index contributed by atoms with van der Waals surface area (Å²) < 4.78 is 5.73. The van der Waals surface area contributed by atoms with Crippen molar-refractivity contribution in [3.05, 3.63) is 0 Å². The first-order chi connectivity index (χ1) is 7.18. The van der Waals surface area contributed by atoms with E-state index in [0.717, 1.165) is 13.0 Å². The Hall–Kier alpha value is 0.137. The summed E-state index contributed by atoms with van der Waals surface area (Å²) in [5, 5.41) is 0. The number of nitrogens with two attached hydrogens (primary N) is 1. The van der Waals surface area contributed by atoms with Gasteiger partial charge >= 0.3 is 0 Å². The lowest BCUT2D eigenvalue weighted by molar-refractivity contribution is 0.392. The Balaban J connectivity index is 3.58. The van der Waals surface area contributed by atoms with Crippen LogP contribution < -0.4 is 5.73 Å². The summed E-state index contributed by atoms with van der Waals surface area (Å²) in [5.41, 5.74) is 5.55. The Labute approximate surface area is 96.7 Å². The van der Waals surface area contributed by atoms with Crippen molar-refractivity contribution in [2.45, 2.75) is 64.1 Å². The minimum atomic E-state index is -1.38. The highest BCUT2D eigenvalue weighted by Gasteiger charge is 2.25. The van der Waals surface area contributed by atoms with Crippen LogP contribution in [0.3, 0.4) is 0 Å². The predicted octanol–water partition coefficient (Wildman–Crippen LogP) is 3.53. The molecule has 0 saturated heterocycles. The topological polar surface area (TPSA) is 35.2 Å². The van der Waals surface area contributed by atoms with Crippen molar-refractivity contribution in [2.24, 2.45) is 5.73 Å². The molecule has 0 aromatic heterocycles. The molecule has 1 unspecified atom stereocenters. The van der Waals surface area contributed by atoms with Crippen LogP contribution >= 0.6 is 0 Å². The third kappa shape index (κ3) is 8.00. The second-order valence-electron chi connectivity index (χ2n) is 4.71. The van der Waals surface area contributed by atoms with Gasteiger partial charge in [-0.2, -0.15) is 0 Å². The summed E-state index contributed by atoms with van der Waals surface area (Å²) in [6.07, 6.45) is 7.96. The largest absolute Gasteiger partial charge is 0.420 e. The lowest BCUT2D eigenvalue weighted by Crippen LogP contribution is -2.33. The highest BCUT2D eigenvalue weighted by atomic mass is 28.4. The lowest BCUT2D eigenvalue weighted by atomic mass is 10.2. The summed E-state index contributed by atoms with van der Waals surface area (Å²) in [5.74, 6) is 0. The molecule has 2 nitrogen and oxygen atoms in total. The normalized spacial score (nSPS) is 15.2. The van der Waals surface area contributed by atoms with Crippen LogP contribution in [0.4, 0.5) is 0 Å². The molecule has 0 heterocycles. The first-order valence-corrected chi connectivity index (χ1v) is 9.26. The molecule has 0 fully saturated rings. The maximum Gasteiger partial charge on any atom is 0.189 e. The summed E-state index contributed by atoms with van der Waals surface area (Å²) in [7, 11) is 0.499. The standard InChI is InChI=1S/C12H29NOSi/c1-4-5-6-7-8-11-15(3,14-2)12-9-10-13/h4-13H2,1-3H3. The van der Waals surface area contributed by atoms with Crippen LogP contribution in [0.2, 0.25) is 18.6 Å². The van der Waals surface area contributed by atoms with E-state index in [-0.39, 0.29) is 0 Å². The van der Waals surface area contributed by atoms with Crippen molar-refractivity contribution >= 4 is 8.32 Å². The first-order valence-electron chi connectivity index (χ1n) is 6.43. The number of hydrogen-bond acceptors (Lipinski definition) is 2. The maximum absolute atomic E-state index is 5.73. The fourth-order valence-corrected chi connectivity index (χ4v) is 4.52. The Kier molecular flexibility index (Phi) is 9.45. The van der Waals surface area contributed by atoms with E-state index in [1.807, 2.05) is 7.11 Å². The smallest absolute Gasteiger partial charge is 0.189 e. The zero-order valence-electron chi connectivity index (χ0n) is 10.8. The van der Waals surface area contributed by atoms with Crippen LogP contribution in [0.1, 0.15) is 45.4 Å². The Morgan fingerprint density at radius 2 is 1.60 bits per heavy atom. The van der Waals surface area contributed by atoms with Crippen molar-refractivity contribution in [3.63, 3.8) is 0 Å². The highest BCUT2D eigenvalue weighted by Crippen LogP contribution is 2.21. The van der Waals surface area contributed by atoms with E-state index >= 15 is 0 Å². The van der Waals surface area contributed by atoms with Crippen LogP contribution in [-0.2, 0) is 4.43 Å². The SMILES string of the molecule is CCCCCCC[Si](C)(CCCN)OC. The van der Waals surface area contributed by atoms with Crippen LogP contribution in [0.25, 0.3) is 0 Å². The van der Waals surface area contributed by atoms with E-state index in [1.54, 1.807) is 0 Å². The molecule has 1 atom stereocenters. The first kappa shape index (κ1) is 15.1. The Bertz CT molecular complexity index is 144. The Morgan fingerprint density at radius 1 is 1.00 bits per heavy atom. The number of unbranched alkanes of at least 4 members (excludes halogenated alkanes) is 4. The summed E-state index contributed by atoms with van der Waals surface area (Å²) in [6.45, 7) is 5.42. The van der Waals surface area contributed by atoms with E-state index in [2.05, 4.69) is 13.5 Å². The average molecular weight is 231 g/mol. The fourth-order valence-electron chi connectivity index (χ4n) is 1.91. The van der Waals surface area contributed by atoms with Gasteiger partial charge in [0.15, 0.2) is 8.32 Å². The molecular weight excluding hydrogens is 202 g/mol. The molecule has 3 heteroatoms. The van der Waals surface area contributed by atoms with E-state index in [9.17, 15) is 0 Å². The molecule has 0 saturated carbocycles. The predicted molar refractivity (Wildman–Crippen MR) is 70.7 cm³/mol. The fraction of sp³-hybridized carbons (Fsp3) is 1.00. The quantitative estimate of drug-likeness (QED) is 0.461. The van der Waals surface area contributed by atoms with E-state index in [0.29, 0.717) is 0 Å². The van der Waals surface area contributed by atoms with Crippen molar-refractivity contribution < 1.29 is 4.43 Å². The third-order valence-electron chi connectivity index (χ3n) is 3.21. The minimum absolute atomic E-state index is 0.807. The molecule has 92 valence electrons. The van der Waals surface area contributed by atoms with Crippen molar-refractivity contribution in [3.8, 4) is 0 Å². The molecule has 0 spiro atoms. The maximum atomic E-state index is 5.73. The lowest BCUT2D eigenvalue weighted by Gasteiger charge is -2.25. The molecule has 0 aliphatic carbocycles. The molecule has 0 aliphatic rings. The summed E-state index contributed by atoms with van der Waals surface area (Å²) in [4.78, 5) is 0. The van der Waals surface area contributed by atoms with Crippen molar-refractivity contribution in [1.29, 1.82) is 0 Å². The zero-order chi connectivity index (χ0) is 11.6. The summed E-state index contributed by atoms with van der Waals surface area (Å²) >= 11 is 0. The summed E-state index contributed by atoms with van der Waals surface area (Å²) in [6, 6.07) is 2.54. The van der Waals surface area contributed by atoms with Gasteiger partial charge in [-0.1, -0.05) is 39.0 Å². The second kappa shape index (κ2) is 9.37. The molecule has 0 aromatic rings. The molecule has 2 N–H and O–H groups in total. The average Bonchev–Trinajstić information content (AvgIpc) is 2.26. The van der Waals surface area contributed by atoms with Gasteiger partial charge in [0.25, 0.3) is 0 Å². The molecular formula is C12H29NOSi. The van der Waals surface area contributed by atoms with Gasteiger partial charge in [-0.15, -0.1) is 0 Å².